The van der Waals surface area contributed by atoms with Gasteiger partial charge in [0.25, 0.3) is 10.9 Å². The molecule has 9 heteroatoms. The zero-order chi connectivity index (χ0) is 13.4. The van der Waals surface area contributed by atoms with E-state index in [0.29, 0.717) is 17.6 Å². The molecule has 0 spiro atoms. The fraction of sp³-hybridized carbons (Fsp3) is 0.364. The summed E-state index contributed by atoms with van der Waals surface area (Å²) in [7, 11) is -1.32. The van der Waals surface area contributed by atoms with Crippen LogP contribution >= 0.6 is 12.4 Å². The molecule has 1 aliphatic rings. The Morgan fingerprint density at radius 2 is 2.30 bits per heavy atom. The number of nitro benzene ring substituents is 1. The van der Waals surface area contributed by atoms with Gasteiger partial charge in [0.1, 0.15) is 16.3 Å². The molecule has 0 aliphatic carbocycles. The third-order valence-electron chi connectivity index (χ3n) is 3.05. The van der Waals surface area contributed by atoms with Crippen LogP contribution in [0.2, 0.25) is 0 Å². The molecule has 108 valence electrons. The van der Waals surface area contributed by atoms with E-state index in [0.717, 1.165) is 13.0 Å². The average molecular weight is 318 g/mol. The summed E-state index contributed by atoms with van der Waals surface area (Å²) in [5, 5.41) is 13.9. The van der Waals surface area contributed by atoms with Gasteiger partial charge < -0.3 is 9.73 Å². The van der Waals surface area contributed by atoms with E-state index in [1.54, 1.807) is 0 Å². The number of non-ortho nitro benzene ring substituents is 1. The van der Waals surface area contributed by atoms with Crippen molar-refractivity contribution in [1.29, 1.82) is 0 Å². The topological polar surface area (TPSA) is 98.3 Å². The highest BCUT2D eigenvalue weighted by Gasteiger charge is 2.26. The highest BCUT2D eigenvalue weighted by atomic mass is 35.5. The molecule has 20 heavy (non-hydrogen) atoms. The molecule has 0 unspecified atom stereocenters. The zero-order valence-electron chi connectivity index (χ0n) is 10.3. The van der Waals surface area contributed by atoms with Crippen molar-refractivity contribution in [3.8, 4) is 0 Å². The van der Waals surface area contributed by atoms with Crippen LogP contribution in [0, 0.1) is 10.1 Å². The summed E-state index contributed by atoms with van der Waals surface area (Å²) in [4.78, 5) is 14.3. The van der Waals surface area contributed by atoms with Gasteiger partial charge in [-0.15, -0.1) is 12.4 Å². The molecule has 0 amide bonds. The second-order valence-electron chi connectivity index (χ2n) is 4.30. The minimum Gasteiger partial charge on any atom is -0.430 e. The van der Waals surface area contributed by atoms with Crippen molar-refractivity contribution < 1.29 is 13.5 Å². The Morgan fingerprint density at radius 3 is 2.95 bits per heavy atom. The molecule has 1 aromatic heterocycles. The van der Waals surface area contributed by atoms with E-state index in [-0.39, 0.29) is 28.6 Å². The van der Waals surface area contributed by atoms with Crippen molar-refractivity contribution >= 4 is 40.0 Å². The fourth-order valence-corrected chi connectivity index (χ4v) is 3.29. The molecule has 1 N–H and O–H groups in total. The van der Waals surface area contributed by atoms with Gasteiger partial charge in [-0.05, 0) is 19.0 Å². The van der Waals surface area contributed by atoms with Crippen LogP contribution in [0.1, 0.15) is 6.42 Å². The first-order valence-electron chi connectivity index (χ1n) is 5.81. The third-order valence-corrected chi connectivity index (χ3v) is 4.58. The quantitative estimate of drug-likeness (QED) is 0.682. The second-order valence-corrected chi connectivity index (χ2v) is 5.91. The van der Waals surface area contributed by atoms with Crippen molar-refractivity contribution in [1.82, 2.24) is 10.3 Å². The average Bonchev–Trinajstić information content (AvgIpc) is 3.06. The Kier molecular flexibility index (Phi) is 4.36. The normalized spacial score (nSPS) is 19.7. The molecule has 1 fully saturated rings. The van der Waals surface area contributed by atoms with Gasteiger partial charge >= 0.3 is 0 Å². The summed E-state index contributed by atoms with van der Waals surface area (Å²) in [6, 6.07) is 4.15. The highest BCUT2D eigenvalue weighted by molar-refractivity contribution is 7.85. The van der Waals surface area contributed by atoms with Crippen LogP contribution in [0.3, 0.4) is 0 Å². The predicted octanol–water partition coefficient (Wildman–Crippen LogP) is 1.63. The number of benzene rings is 1. The monoisotopic (exact) mass is 317 g/mol. The molecule has 2 heterocycles. The van der Waals surface area contributed by atoms with Crippen molar-refractivity contribution in [3.05, 3.63) is 28.3 Å². The number of halogens is 1. The number of fused-ring (bicyclic) bond motifs is 1. The van der Waals surface area contributed by atoms with Crippen LogP contribution in [0.15, 0.2) is 27.8 Å². The predicted molar refractivity (Wildman–Crippen MR) is 75.6 cm³/mol. The molecule has 1 aliphatic heterocycles. The van der Waals surface area contributed by atoms with Gasteiger partial charge in [0.15, 0.2) is 5.58 Å². The van der Waals surface area contributed by atoms with Gasteiger partial charge in [0.05, 0.1) is 10.2 Å². The van der Waals surface area contributed by atoms with Crippen molar-refractivity contribution in [2.75, 3.05) is 13.1 Å². The maximum Gasteiger partial charge on any atom is 0.288 e. The van der Waals surface area contributed by atoms with Gasteiger partial charge in [-0.2, -0.15) is 0 Å². The molecular formula is C11H12ClN3O4S. The number of hydrogen-bond donors (Lipinski definition) is 1. The lowest BCUT2D eigenvalue weighted by Gasteiger charge is -2.02. The Balaban J connectivity index is 0.00000147. The summed E-state index contributed by atoms with van der Waals surface area (Å²) in [6.07, 6.45) is 0.811. The summed E-state index contributed by atoms with van der Waals surface area (Å²) in [5.41, 5.74) is 0.726. The first-order valence-corrected chi connectivity index (χ1v) is 7.03. The van der Waals surface area contributed by atoms with E-state index >= 15 is 0 Å². The lowest BCUT2D eigenvalue weighted by atomic mass is 10.3. The first kappa shape index (κ1) is 14.9. The van der Waals surface area contributed by atoms with E-state index < -0.39 is 15.7 Å². The minimum atomic E-state index is -1.32. The van der Waals surface area contributed by atoms with Gasteiger partial charge in [-0.3, -0.25) is 10.1 Å². The first-order chi connectivity index (χ1) is 9.15. The highest BCUT2D eigenvalue weighted by Crippen LogP contribution is 2.24. The molecular weight excluding hydrogens is 306 g/mol. The van der Waals surface area contributed by atoms with Crippen LogP contribution in [-0.2, 0) is 10.8 Å². The molecule has 2 atom stereocenters. The molecule has 3 rings (SSSR count). The van der Waals surface area contributed by atoms with Gasteiger partial charge in [0.2, 0.25) is 0 Å². The zero-order valence-corrected chi connectivity index (χ0v) is 11.9. The molecule has 0 saturated carbocycles. The van der Waals surface area contributed by atoms with Gasteiger partial charge in [-0.25, -0.2) is 9.19 Å². The molecule has 2 aromatic rings. The molecule has 0 radical (unpaired) electrons. The van der Waals surface area contributed by atoms with E-state index in [2.05, 4.69) is 10.3 Å². The maximum absolute atomic E-state index is 12.2. The van der Waals surface area contributed by atoms with Crippen molar-refractivity contribution in [2.45, 2.75) is 16.9 Å². The van der Waals surface area contributed by atoms with E-state index in [4.69, 9.17) is 4.42 Å². The minimum absolute atomic E-state index is 0. The molecule has 0 bridgehead atoms. The van der Waals surface area contributed by atoms with Crippen LogP contribution in [-0.4, -0.2) is 32.5 Å². The number of rotatable bonds is 3. The molecule has 7 nitrogen and oxygen atoms in total. The number of nitro groups is 1. The van der Waals surface area contributed by atoms with Gasteiger partial charge in [0, 0.05) is 18.7 Å². The Bertz CT molecular complexity index is 669. The standard InChI is InChI=1S/C11H11N3O4S.ClH/c15-14(16)7-1-2-10-9(5-7)13-11(18-10)19(17)8-3-4-12-6-8;/h1-2,5,8,12H,3-4,6H2;1H/t8-,19+;/m1./s1. The Labute approximate surface area is 122 Å². The van der Waals surface area contributed by atoms with Crippen LogP contribution in [0.5, 0.6) is 0 Å². The summed E-state index contributed by atoms with van der Waals surface area (Å²) in [5.74, 6) is 0. The largest absolute Gasteiger partial charge is 0.430 e. The Hall–Kier alpha value is -1.51. The molecule has 1 saturated heterocycles. The number of nitrogens with one attached hydrogen (secondary N) is 1. The van der Waals surface area contributed by atoms with Crippen LogP contribution in [0.25, 0.3) is 11.1 Å². The Morgan fingerprint density at radius 1 is 1.50 bits per heavy atom. The number of hydrogen-bond acceptors (Lipinski definition) is 6. The smallest absolute Gasteiger partial charge is 0.288 e. The lowest BCUT2D eigenvalue weighted by molar-refractivity contribution is -0.384. The van der Waals surface area contributed by atoms with E-state index in [1.165, 1.54) is 18.2 Å². The SMILES string of the molecule is Cl.O=[N+]([O-])c1ccc2oc([S@@](=O)[C@@H]3CCNC3)nc2c1. The van der Waals surface area contributed by atoms with Crippen LogP contribution in [0.4, 0.5) is 5.69 Å². The van der Waals surface area contributed by atoms with Crippen molar-refractivity contribution in [3.63, 3.8) is 0 Å². The van der Waals surface area contributed by atoms with Gasteiger partial charge in [-0.1, -0.05) is 0 Å². The summed E-state index contributed by atoms with van der Waals surface area (Å²) in [6.45, 7) is 1.51. The van der Waals surface area contributed by atoms with Crippen LogP contribution < -0.4 is 5.32 Å². The number of nitrogens with zero attached hydrogens (tertiary/aromatic N) is 2. The lowest BCUT2D eigenvalue weighted by Crippen LogP contribution is -2.18. The maximum atomic E-state index is 12.2. The fourth-order valence-electron chi connectivity index (χ4n) is 2.05. The number of oxazole rings is 1. The third kappa shape index (κ3) is 2.67. The summed E-state index contributed by atoms with van der Waals surface area (Å²) < 4.78 is 17.6. The number of aromatic nitrogens is 1. The second kappa shape index (κ2) is 5.86. The van der Waals surface area contributed by atoms with E-state index in [9.17, 15) is 14.3 Å². The van der Waals surface area contributed by atoms with E-state index in [1.807, 2.05) is 0 Å². The molecule has 1 aromatic carbocycles. The van der Waals surface area contributed by atoms with Crippen molar-refractivity contribution in [2.24, 2.45) is 0 Å². The summed E-state index contributed by atoms with van der Waals surface area (Å²) >= 11 is 0.